The molecule has 0 bridgehead atoms. The number of carbonyl (C=O) groups excluding carboxylic acids is 1. The van der Waals surface area contributed by atoms with Gasteiger partial charge in [0.25, 0.3) is 0 Å². The number of likely N-dealkylation sites (N-methyl/N-ethyl adjacent to an activating group) is 1. The minimum Gasteiger partial charge on any atom is -0.480 e. The third-order valence-corrected chi connectivity index (χ3v) is 3.72. The highest BCUT2D eigenvalue weighted by atomic mass is 32.1. The SMILES string of the molecule is CC(C)CN(CC(=O)O)C(=O)N(C)CCc1cccs1. The first-order chi connectivity index (χ1) is 9.40. The standard InChI is InChI=1S/C14H22N2O3S/c1-11(2)9-16(10-13(17)18)14(19)15(3)7-6-12-5-4-8-20-12/h4-5,8,11H,6-7,9-10H2,1-3H3,(H,17,18). The molecule has 6 heteroatoms. The van der Waals surface area contributed by atoms with Gasteiger partial charge in [0.1, 0.15) is 6.54 Å². The van der Waals surface area contributed by atoms with Crippen LogP contribution < -0.4 is 0 Å². The molecule has 0 atom stereocenters. The zero-order chi connectivity index (χ0) is 15.1. The van der Waals surface area contributed by atoms with Crippen molar-refractivity contribution in [2.75, 3.05) is 26.7 Å². The minimum absolute atomic E-state index is 0.224. The summed E-state index contributed by atoms with van der Waals surface area (Å²) in [6.45, 7) is 4.73. The van der Waals surface area contributed by atoms with E-state index in [1.807, 2.05) is 31.4 Å². The second kappa shape index (κ2) is 7.89. The predicted octanol–water partition coefficient (Wildman–Crippen LogP) is 2.38. The lowest BCUT2D eigenvalue weighted by molar-refractivity contribution is -0.137. The van der Waals surface area contributed by atoms with Gasteiger partial charge < -0.3 is 14.9 Å². The summed E-state index contributed by atoms with van der Waals surface area (Å²) in [4.78, 5) is 27.3. The van der Waals surface area contributed by atoms with Crippen LogP contribution in [0.25, 0.3) is 0 Å². The summed E-state index contributed by atoms with van der Waals surface area (Å²) in [6.07, 6.45) is 0.794. The molecule has 20 heavy (non-hydrogen) atoms. The van der Waals surface area contributed by atoms with Crippen molar-refractivity contribution in [1.82, 2.24) is 9.80 Å². The lowest BCUT2D eigenvalue weighted by Crippen LogP contribution is -2.45. The number of rotatable bonds is 7. The van der Waals surface area contributed by atoms with E-state index in [2.05, 4.69) is 0 Å². The number of amides is 2. The molecule has 1 heterocycles. The highest BCUT2D eigenvalue weighted by Crippen LogP contribution is 2.10. The Morgan fingerprint density at radius 1 is 1.40 bits per heavy atom. The Bertz CT molecular complexity index is 432. The third-order valence-electron chi connectivity index (χ3n) is 2.78. The molecule has 112 valence electrons. The van der Waals surface area contributed by atoms with Gasteiger partial charge in [-0.3, -0.25) is 4.79 Å². The van der Waals surface area contributed by atoms with Gasteiger partial charge in [-0.05, 0) is 23.8 Å². The number of urea groups is 1. The number of carboxylic acid groups (broad SMARTS) is 1. The topological polar surface area (TPSA) is 60.9 Å². The first-order valence-electron chi connectivity index (χ1n) is 6.64. The first-order valence-corrected chi connectivity index (χ1v) is 7.52. The van der Waals surface area contributed by atoms with E-state index >= 15 is 0 Å². The van der Waals surface area contributed by atoms with Gasteiger partial charge in [-0.25, -0.2) is 4.79 Å². The normalized spacial score (nSPS) is 10.6. The lowest BCUT2D eigenvalue weighted by atomic mass is 10.2. The molecule has 0 spiro atoms. The van der Waals surface area contributed by atoms with E-state index in [0.29, 0.717) is 13.1 Å². The van der Waals surface area contributed by atoms with Crippen molar-refractivity contribution in [2.24, 2.45) is 5.92 Å². The Hall–Kier alpha value is -1.56. The van der Waals surface area contributed by atoms with Crippen LogP contribution >= 0.6 is 11.3 Å². The van der Waals surface area contributed by atoms with Crippen molar-refractivity contribution in [3.8, 4) is 0 Å². The molecule has 0 unspecified atom stereocenters. The molecule has 5 nitrogen and oxygen atoms in total. The smallest absolute Gasteiger partial charge is 0.323 e. The van der Waals surface area contributed by atoms with Crippen molar-refractivity contribution in [3.63, 3.8) is 0 Å². The van der Waals surface area contributed by atoms with Gasteiger partial charge in [-0.2, -0.15) is 0 Å². The Kier molecular flexibility index (Phi) is 6.51. The maximum Gasteiger partial charge on any atom is 0.323 e. The van der Waals surface area contributed by atoms with E-state index in [1.165, 1.54) is 9.78 Å². The van der Waals surface area contributed by atoms with Gasteiger partial charge in [-0.15, -0.1) is 11.3 Å². The Labute approximate surface area is 123 Å². The highest BCUT2D eigenvalue weighted by molar-refractivity contribution is 7.09. The number of thiophene rings is 1. The van der Waals surface area contributed by atoms with Crippen molar-refractivity contribution >= 4 is 23.3 Å². The first kappa shape index (κ1) is 16.5. The summed E-state index contributed by atoms with van der Waals surface area (Å²) in [5.74, 6) is -0.741. The molecule has 0 fully saturated rings. The highest BCUT2D eigenvalue weighted by Gasteiger charge is 2.21. The van der Waals surface area contributed by atoms with Crippen molar-refractivity contribution < 1.29 is 14.7 Å². The van der Waals surface area contributed by atoms with Crippen LogP contribution in [0, 0.1) is 5.92 Å². The average molecular weight is 298 g/mol. The van der Waals surface area contributed by atoms with Crippen molar-refractivity contribution in [3.05, 3.63) is 22.4 Å². The van der Waals surface area contributed by atoms with Gasteiger partial charge >= 0.3 is 12.0 Å². The maximum absolute atomic E-state index is 12.3. The number of aliphatic carboxylic acids is 1. The number of hydrogen-bond donors (Lipinski definition) is 1. The quantitative estimate of drug-likeness (QED) is 0.840. The molecule has 2 amide bonds. The van der Waals surface area contributed by atoms with Crippen LogP contribution in [-0.2, 0) is 11.2 Å². The number of carboxylic acids is 1. The van der Waals surface area contributed by atoms with Crippen LogP contribution in [0.1, 0.15) is 18.7 Å². The summed E-state index contributed by atoms with van der Waals surface area (Å²) < 4.78 is 0. The van der Waals surface area contributed by atoms with E-state index < -0.39 is 5.97 Å². The second-order valence-electron chi connectivity index (χ2n) is 5.20. The summed E-state index contributed by atoms with van der Waals surface area (Å²) >= 11 is 1.66. The Morgan fingerprint density at radius 2 is 2.10 bits per heavy atom. The van der Waals surface area contributed by atoms with Crippen LogP contribution in [0.5, 0.6) is 0 Å². The van der Waals surface area contributed by atoms with Gasteiger partial charge in [0.2, 0.25) is 0 Å². The van der Waals surface area contributed by atoms with E-state index in [9.17, 15) is 9.59 Å². The zero-order valence-electron chi connectivity index (χ0n) is 12.2. The van der Waals surface area contributed by atoms with Gasteiger partial charge in [0.15, 0.2) is 0 Å². The molecule has 0 aliphatic carbocycles. The molecule has 0 saturated heterocycles. The monoisotopic (exact) mass is 298 g/mol. The van der Waals surface area contributed by atoms with E-state index in [-0.39, 0.29) is 18.5 Å². The molecule has 1 N–H and O–H groups in total. The predicted molar refractivity (Wildman–Crippen MR) is 80.1 cm³/mol. The fourth-order valence-corrected chi connectivity index (χ4v) is 2.58. The molecule has 1 aromatic rings. The third kappa shape index (κ3) is 5.61. The Morgan fingerprint density at radius 3 is 2.60 bits per heavy atom. The van der Waals surface area contributed by atoms with Crippen LogP contribution in [0.3, 0.4) is 0 Å². The van der Waals surface area contributed by atoms with Crippen LogP contribution in [-0.4, -0.2) is 53.6 Å². The van der Waals surface area contributed by atoms with E-state index in [1.54, 1.807) is 23.3 Å². The molecular weight excluding hydrogens is 276 g/mol. The van der Waals surface area contributed by atoms with Gasteiger partial charge in [-0.1, -0.05) is 19.9 Å². The molecule has 0 aliphatic heterocycles. The largest absolute Gasteiger partial charge is 0.480 e. The number of hydrogen-bond acceptors (Lipinski definition) is 3. The molecule has 0 aliphatic rings. The fraction of sp³-hybridized carbons (Fsp3) is 0.571. The molecule has 0 radical (unpaired) electrons. The van der Waals surface area contributed by atoms with Crippen molar-refractivity contribution in [1.29, 1.82) is 0 Å². The number of carbonyl (C=O) groups is 2. The second-order valence-corrected chi connectivity index (χ2v) is 6.23. The summed E-state index contributed by atoms with van der Waals surface area (Å²) in [5.41, 5.74) is 0. The number of nitrogens with zero attached hydrogens (tertiary/aromatic N) is 2. The van der Waals surface area contributed by atoms with Gasteiger partial charge in [0, 0.05) is 25.0 Å². The van der Waals surface area contributed by atoms with Crippen LogP contribution in [0.2, 0.25) is 0 Å². The summed E-state index contributed by atoms with van der Waals surface area (Å²) in [5, 5.41) is 10.9. The summed E-state index contributed by atoms with van der Waals surface area (Å²) in [7, 11) is 1.71. The lowest BCUT2D eigenvalue weighted by Gasteiger charge is -2.28. The molecule has 1 aromatic heterocycles. The average Bonchev–Trinajstić information content (AvgIpc) is 2.86. The van der Waals surface area contributed by atoms with E-state index in [0.717, 1.165) is 6.42 Å². The van der Waals surface area contributed by atoms with E-state index in [4.69, 9.17) is 5.11 Å². The summed E-state index contributed by atoms with van der Waals surface area (Å²) in [6, 6.07) is 3.79. The van der Waals surface area contributed by atoms with Crippen molar-refractivity contribution in [2.45, 2.75) is 20.3 Å². The van der Waals surface area contributed by atoms with Gasteiger partial charge in [0.05, 0.1) is 0 Å². The zero-order valence-corrected chi connectivity index (χ0v) is 13.0. The van der Waals surface area contributed by atoms with Crippen LogP contribution in [0.15, 0.2) is 17.5 Å². The molecular formula is C14H22N2O3S. The van der Waals surface area contributed by atoms with Crippen LogP contribution in [0.4, 0.5) is 4.79 Å². The molecule has 1 rings (SSSR count). The molecule has 0 aromatic carbocycles. The maximum atomic E-state index is 12.3. The Balaban J connectivity index is 2.55. The fourth-order valence-electron chi connectivity index (χ4n) is 1.88. The minimum atomic E-state index is -0.981. The molecule has 0 saturated carbocycles.